The van der Waals surface area contributed by atoms with Gasteiger partial charge in [0.15, 0.2) is 0 Å². The van der Waals surface area contributed by atoms with E-state index >= 15 is 0 Å². The molecule has 0 aliphatic rings. The van der Waals surface area contributed by atoms with Gasteiger partial charge >= 0.3 is 5.97 Å². The molecule has 1 amide bonds. The summed E-state index contributed by atoms with van der Waals surface area (Å²) in [7, 11) is 0. The SMILES string of the molecule is CCCC(NC(=O)c1c(-c2ccccc2)c(-c2ccccc2)nn(CC)c1=O)C(=O)O. The van der Waals surface area contributed by atoms with Crippen LogP contribution in [-0.2, 0) is 11.3 Å². The summed E-state index contributed by atoms with van der Waals surface area (Å²) in [5.41, 5.74) is 1.62. The average Bonchev–Trinajstić information content (AvgIpc) is 2.79. The zero-order chi connectivity index (χ0) is 22.4. The number of carbonyl (C=O) groups excluding carboxylic acids is 1. The average molecular weight is 419 g/mol. The number of carbonyl (C=O) groups is 2. The summed E-state index contributed by atoms with van der Waals surface area (Å²) in [6.45, 7) is 3.87. The molecule has 7 heteroatoms. The van der Waals surface area contributed by atoms with E-state index in [-0.39, 0.29) is 18.5 Å². The zero-order valence-electron chi connectivity index (χ0n) is 17.5. The minimum Gasteiger partial charge on any atom is -0.480 e. The van der Waals surface area contributed by atoms with Crippen LogP contribution in [0.25, 0.3) is 22.4 Å². The van der Waals surface area contributed by atoms with Crippen molar-refractivity contribution in [2.24, 2.45) is 0 Å². The second-order valence-electron chi connectivity index (χ2n) is 7.10. The number of aliphatic carboxylic acids is 1. The molecule has 31 heavy (non-hydrogen) atoms. The van der Waals surface area contributed by atoms with Crippen LogP contribution in [0.3, 0.4) is 0 Å². The van der Waals surface area contributed by atoms with E-state index in [2.05, 4.69) is 10.4 Å². The highest BCUT2D eigenvalue weighted by atomic mass is 16.4. The topological polar surface area (TPSA) is 101 Å². The van der Waals surface area contributed by atoms with Gasteiger partial charge in [-0.25, -0.2) is 9.48 Å². The summed E-state index contributed by atoms with van der Waals surface area (Å²) < 4.78 is 1.24. The van der Waals surface area contributed by atoms with Gasteiger partial charge in [0.25, 0.3) is 11.5 Å². The first-order chi connectivity index (χ1) is 15.0. The van der Waals surface area contributed by atoms with Gasteiger partial charge in [-0.3, -0.25) is 9.59 Å². The van der Waals surface area contributed by atoms with Crippen molar-refractivity contribution in [1.82, 2.24) is 15.1 Å². The fraction of sp³-hybridized carbons (Fsp3) is 0.250. The maximum Gasteiger partial charge on any atom is 0.326 e. The number of nitrogens with one attached hydrogen (secondary N) is 1. The maximum atomic E-state index is 13.3. The first kappa shape index (κ1) is 22.0. The van der Waals surface area contributed by atoms with Crippen LogP contribution in [0.5, 0.6) is 0 Å². The van der Waals surface area contributed by atoms with Crippen LogP contribution in [0.2, 0.25) is 0 Å². The van der Waals surface area contributed by atoms with Crippen LogP contribution in [0.15, 0.2) is 65.5 Å². The number of hydrogen-bond acceptors (Lipinski definition) is 4. The van der Waals surface area contributed by atoms with Crippen molar-refractivity contribution in [2.75, 3.05) is 0 Å². The minimum absolute atomic E-state index is 0.107. The Hall–Kier alpha value is -3.74. The lowest BCUT2D eigenvalue weighted by molar-refractivity contribution is -0.139. The molecule has 1 atom stereocenters. The van der Waals surface area contributed by atoms with Gasteiger partial charge < -0.3 is 10.4 Å². The van der Waals surface area contributed by atoms with Crippen LogP contribution in [0.4, 0.5) is 0 Å². The Balaban J connectivity index is 2.29. The molecular weight excluding hydrogens is 394 g/mol. The molecule has 1 unspecified atom stereocenters. The van der Waals surface area contributed by atoms with Crippen LogP contribution in [0, 0.1) is 0 Å². The van der Waals surface area contributed by atoms with Crippen LogP contribution >= 0.6 is 0 Å². The second-order valence-corrected chi connectivity index (χ2v) is 7.10. The molecule has 1 aromatic heterocycles. The second kappa shape index (κ2) is 9.84. The molecular formula is C24H25N3O4. The number of aryl methyl sites for hydroxylation is 1. The smallest absolute Gasteiger partial charge is 0.326 e. The number of aromatic nitrogens is 2. The molecule has 2 aromatic carbocycles. The van der Waals surface area contributed by atoms with Crippen LogP contribution < -0.4 is 10.9 Å². The van der Waals surface area contributed by atoms with E-state index in [0.717, 1.165) is 5.56 Å². The standard InChI is InChI=1S/C24H25N3O4/c1-3-11-18(24(30)31)25-22(28)20-19(16-12-7-5-8-13-16)21(17-14-9-6-10-15-17)26-27(4-2)23(20)29/h5-10,12-15,18H,3-4,11H2,1-2H3,(H,25,28)(H,30,31). The molecule has 160 valence electrons. The highest BCUT2D eigenvalue weighted by Gasteiger charge is 2.28. The van der Waals surface area contributed by atoms with E-state index in [1.54, 1.807) is 19.1 Å². The highest BCUT2D eigenvalue weighted by molar-refractivity contribution is 6.04. The molecule has 0 aliphatic heterocycles. The Bertz CT molecular complexity index is 1120. The van der Waals surface area contributed by atoms with Crippen molar-refractivity contribution in [3.8, 4) is 22.4 Å². The summed E-state index contributed by atoms with van der Waals surface area (Å²) in [4.78, 5) is 38.1. The molecule has 2 N–H and O–H groups in total. The summed E-state index contributed by atoms with van der Waals surface area (Å²) >= 11 is 0. The quantitative estimate of drug-likeness (QED) is 0.581. The van der Waals surface area contributed by atoms with Crippen molar-refractivity contribution in [1.29, 1.82) is 0 Å². The van der Waals surface area contributed by atoms with E-state index in [4.69, 9.17) is 0 Å². The third-order valence-electron chi connectivity index (χ3n) is 4.97. The Morgan fingerprint density at radius 1 is 1.00 bits per heavy atom. The monoisotopic (exact) mass is 419 g/mol. The summed E-state index contributed by atoms with van der Waals surface area (Å²) in [6.07, 6.45) is 0.841. The van der Waals surface area contributed by atoms with Crippen molar-refractivity contribution < 1.29 is 14.7 Å². The minimum atomic E-state index is -1.13. The van der Waals surface area contributed by atoms with Gasteiger partial charge in [-0.2, -0.15) is 5.10 Å². The lowest BCUT2D eigenvalue weighted by atomic mass is 9.95. The zero-order valence-corrected chi connectivity index (χ0v) is 17.5. The van der Waals surface area contributed by atoms with Crippen molar-refractivity contribution in [2.45, 2.75) is 39.3 Å². The Morgan fingerprint density at radius 2 is 1.58 bits per heavy atom. The number of amides is 1. The lowest BCUT2D eigenvalue weighted by Gasteiger charge is -2.18. The van der Waals surface area contributed by atoms with E-state index in [9.17, 15) is 19.5 Å². The van der Waals surface area contributed by atoms with Gasteiger partial charge in [0.1, 0.15) is 11.6 Å². The molecule has 3 aromatic rings. The normalized spacial score (nSPS) is 11.7. The van der Waals surface area contributed by atoms with Crippen molar-refractivity contribution in [3.05, 3.63) is 76.6 Å². The van der Waals surface area contributed by atoms with Gasteiger partial charge in [-0.05, 0) is 18.9 Å². The fourth-order valence-electron chi connectivity index (χ4n) is 3.46. The first-order valence-corrected chi connectivity index (χ1v) is 10.3. The number of carboxylic acid groups (broad SMARTS) is 1. The van der Waals surface area contributed by atoms with Gasteiger partial charge in [0, 0.05) is 17.7 Å². The molecule has 0 spiro atoms. The number of hydrogen-bond donors (Lipinski definition) is 2. The van der Waals surface area contributed by atoms with Crippen LogP contribution in [0.1, 0.15) is 37.0 Å². The van der Waals surface area contributed by atoms with Gasteiger partial charge in [-0.15, -0.1) is 0 Å². The molecule has 1 heterocycles. The Kier molecular flexibility index (Phi) is 6.97. The Labute approximate surface area is 180 Å². The van der Waals surface area contributed by atoms with E-state index in [1.165, 1.54) is 4.68 Å². The Morgan fingerprint density at radius 3 is 2.10 bits per heavy atom. The number of nitrogens with zero attached hydrogens (tertiary/aromatic N) is 2. The summed E-state index contributed by atoms with van der Waals surface area (Å²) in [6, 6.07) is 17.3. The van der Waals surface area contributed by atoms with Crippen LogP contribution in [-0.4, -0.2) is 32.8 Å². The maximum absolute atomic E-state index is 13.3. The molecule has 0 bridgehead atoms. The number of benzene rings is 2. The van der Waals surface area contributed by atoms with E-state index in [1.807, 2.05) is 55.5 Å². The predicted molar refractivity (Wildman–Crippen MR) is 119 cm³/mol. The predicted octanol–water partition coefficient (Wildman–Crippen LogP) is 3.58. The van der Waals surface area contributed by atoms with E-state index < -0.39 is 23.5 Å². The molecule has 0 aliphatic carbocycles. The van der Waals surface area contributed by atoms with E-state index in [0.29, 0.717) is 23.2 Å². The largest absolute Gasteiger partial charge is 0.480 e. The molecule has 7 nitrogen and oxygen atoms in total. The number of carboxylic acids is 1. The molecule has 3 rings (SSSR count). The third-order valence-corrected chi connectivity index (χ3v) is 4.97. The molecule has 0 radical (unpaired) electrons. The number of rotatable bonds is 8. The van der Waals surface area contributed by atoms with Crippen molar-refractivity contribution >= 4 is 11.9 Å². The third kappa shape index (κ3) is 4.71. The summed E-state index contributed by atoms with van der Waals surface area (Å²) in [5.74, 6) is -1.85. The molecule has 0 fully saturated rings. The highest BCUT2D eigenvalue weighted by Crippen LogP contribution is 2.32. The fourth-order valence-corrected chi connectivity index (χ4v) is 3.46. The molecule has 0 saturated carbocycles. The first-order valence-electron chi connectivity index (χ1n) is 10.3. The van der Waals surface area contributed by atoms with Crippen molar-refractivity contribution in [3.63, 3.8) is 0 Å². The lowest BCUT2D eigenvalue weighted by Crippen LogP contribution is -2.44. The van der Waals surface area contributed by atoms with Gasteiger partial charge in [0.2, 0.25) is 0 Å². The molecule has 0 saturated heterocycles. The van der Waals surface area contributed by atoms with Gasteiger partial charge in [0.05, 0.1) is 5.69 Å². The summed E-state index contributed by atoms with van der Waals surface area (Å²) in [5, 5.41) is 16.6. The van der Waals surface area contributed by atoms with Gasteiger partial charge in [-0.1, -0.05) is 74.0 Å².